The predicted octanol–water partition coefficient (Wildman–Crippen LogP) is 2.52. The number of hydrogen-bond acceptors (Lipinski definition) is 5. The summed E-state index contributed by atoms with van der Waals surface area (Å²) in [6, 6.07) is 14.4. The molecular weight excluding hydrogens is 322 g/mol. The van der Waals surface area contributed by atoms with Crippen LogP contribution in [0.5, 0.6) is 11.5 Å². The summed E-state index contributed by atoms with van der Waals surface area (Å²) in [6.45, 7) is 0.374. The number of carbonyl (C=O) groups excluding carboxylic acids is 2. The molecule has 0 spiro atoms. The first-order chi connectivity index (χ1) is 12.0. The van der Waals surface area contributed by atoms with Gasteiger partial charge >= 0.3 is 5.97 Å². The predicted molar refractivity (Wildman–Crippen MR) is 92.7 cm³/mol. The molecule has 0 aromatic heterocycles. The van der Waals surface area contributed by atoms with Crippen LogP contribution in [0.25, 0.3) is 0 Å². The van der Waals surface area contributed by atoms with E-state index < -0.39 is 5.97 Å². The maximum atomic E-state index is 12.2. The quantitative estimate of drug-likeness (QED) is 0.723. The molecule has 2 rings (SSSR count). The summed E-state index contributed by atoms with van der Waals surface area (Å²) in [6.07, 6.45) is 0. The number of carbonyl (C=O) groups is 2. The van der Waals surface area contributed by atoms with Crippen LogP contribution in [-0.2, 0) is 16.1 Å². The zero-order chi connectivity index (χ0) is 18.2. The number of ether oxygens (including phenoxy) is 3. The molecule has 1 amide bonds. The van der Waals surface area contributed by atoms with Crippen molar-refractivity contribution < 1.29 is 23.8 Å². The summed E-state index contributed by atoms with van der Waals surface area (Å²) in [4.78, 5) is 25.4. The van der Waals surface area contributed by atoms with Crippen molar-refractivity contribution in [1.82, 2.24) is 4.90 Å². The SMILES string of the molecule is COC(=O)c1ccc(OCC(=O)N(C)Cc2ccccc2)c(OC)c1. The lowest BCUT2D eigenvalue weighted by molar-refractivity contribution is -0.132. The van der Waals surface area contributed by atoms with Crippen LogP contribution in [0.4, 0.5) is 0 Å². The number of likely N-dealkylation sites (N-methyl/N-ethyl adjacent to an activating group) is 1. The number of benzene rings is 2. The van der Waals surface area contributed by atoms with Gasteiger partial charge in [-0.25, -0.2) is 4.79 Å². The lowest BCUT2D eigenvalue weighted by Crippen LogP contribution is -2.31. The highest BCUT2D eigenvalue weighted by Crippen LogP contribution is 2.28. The second-order valence-corrected chi connectivity index (χ2v) is 5.38. The molecule has 0 radical (unpaired) electrons. The average Bonchev–Trinajstić information content (AvgIpc) is 2.65. The lowest BCUT2D eigenvalue weighted by atomic mass is 10.2. The lowest BCUT2D eigenvalue weighted by Gasteiger charge is -2.18. The van der Waals surface area contributed by atoms with Gasteiger partial charge in [-0.05, 0) is 23.8 Å². The van der Waals surface area contributed by atoms with E-state index in [0.29, 0.717) is 23.6 Å². The zero-order valence-corrected chi connectivity index (χ0v) is 14.5. The van der Waals surface area contributed by atoms with Gasteiger partial charge in [0.2, 0.25) is 0 Å². The van der Waals surface area contributed by atoms with Gasteiger partial charge in [0, 0.05) is 13.6 Å². The van der Waals surface area contributed by atoms with Gasteiger partial charge in [-0.15, -0.1) is 0 Å². The van der Waals surface area contributed by atoms with Crippen molar-refractivity contribution >= 4 is 11.9 Å². The van der Waals surface area contributed by atoms with E-state index in [2.05, 4.69) is 4.74 Å². The van der Waals surface area contributed by atoms with Crippen molar-refractivity contribution in [2.45, 2.75) is 6.54 Å². The molecule has 0 unspecified atom stereocenters. The molecule has 0 aliphatic carbocycles. The summed E-state index contributed by atoms with van der Waals surface area (Å²) in [7, 11) is 4.49. The summed E-state index contributed by atoms with van der Waals surface area (Å²) in [5.41, 5.74) is 1.39. The molecule has 25 heavy (non-hydrogen) atoms. The molecule has 6 heteroatoms. The molecule has 0 heterocycles. The molecule has 2 aromatic rings. The molecule has 132 valence electrons. The van der Waals surface area contributed by atoms with Gasteiger partial charge in [0.1, 0.15) is 0 Å². The largest absolute Gasteiger partial charge is 0.493 e. The standard InChI is InChI=1S/C19H21NO5/c1-20(12-14-7-5-4-6-8-14)18(21)13-25-16-10-9-15(19(22)24-3)11-17(16)23-2/h4-11H,12-13H2,1-3H3. The van der Waals surface area contributed by atoms with E-state index >= 15 is 0 Å². The molecule has 0 aliphatic rings. The Kier molecular flexibility index (Phi) is 6.39. The van der Waals surface area contributed by atoms with Crippen LogP contribution in [0.2, 0.25) is 0 Å². The number of amides is 1. The minimum Gasteiger partial charge on any atom is -0.493 e. The van der Waals surface area contributed by atoms with E-state index in [1.165, 1.54) is 20.3 Å². The molecule has 0 atom stereocenters. The Balaban J connectivity index is 1.97. The van der Waals surface area contributed by atoms with Crippen LogP contribution in [-0.4, -0.2) is 44.7 Å². The van der Waals surface area contributed by atoms with Crippen LogP contribution in [0.3, 0.4) is 0 Å². The number of hydrogen-bond donors (Lipinski definition) is 0. The van der Waals surface area contributed by atoms with Crippen LogP contribution >= 0.6 is 0 Å². The van der Waals surface area contributed by atoms with Gasteiger partial charge in [0.15, 0.2) is 18.1 Å². The highest BCUT2D eigenvalue weighted by atomic mass is 16.5. The van der Waals surface area contributed by atoms with Gasteiger partial charge in [-0.2, -0.15) is 0 Å². The van der Waals surface area contributed by atoms with Crippen molar-refractivity contribution in [3.8, 4) is 11.5 Å². The Labute approximate surface area is 146 Å². The van der Waals surface area contributed by atoms with Crippen molar-refractivity contribution in [3.63, 3.8) is 0 Å². The molecule has 0 saturated heterocycles. The van der Waals surface area contributed by atoms with E-state index in [4.69, 9.17) is 9.47 Å². The summed E-state index contributed by atoms with van der Waals surface area (Å²) < 4.78 is 15.4. The van der Waals surface area contributed by atoms with Crippen LogP contribution in [0.1, 0.15) is 15.9 Å². The highest BCUT2D eigenvalue weighted by molar-refractivity contribution is 5.90. The van der Waals surface area contributed by atoms with Crippen molar-refractivity contribution in [1.29, 1.82) is 0 Å². The Morgan fingerprint density at radius 1 is 1.00 bits per heavy atom. The van der Waals surface area contributed by atoms with Gasteiger partial charge in [0.25, 0.3) is 5.91 Å². The first-order valence-electron chi connectivity index (χ1n) is 7.72. The first kappa shape index (κ1) is 18.3. The first-order valence-corrected chi connectivity index (χ1v) is 7.72. The Morgan fingerprint density at radius 3 is 2.36 bits per heavy atom. The molecule has 0 saturated carbocycles. The molecule has 0 N–H and O–H groups in total. The normalized spacial score (nSPS) is 10.0. The number of esters is 1. The smallest absolute Gasteiger partial charge is 0.337 e. The average molecular weight is 343 g/mol. The van der Waals surface area contributed by atoms with Crippen LogP contribution < -0.4 is 9.47 Å². The van der Waals surface area contributed by atoms with Crippen molar-refractivity contribution in [2.75, 3.05) is 27.9 Å². The molecule has 2 aromatic carbocycles. The molecule has 0 bridgehead atoms. The summed E-state index contributed by atoms with van der Waals surface area (Å²) in [5.74, 6) is 0.115. The third-order valence-electron chi connectivity index (χ3n) is 3.62. The third-order valence-corrected chi connectivity index (χ3v) is 3.62. The number of nitrogens with zero attached hydrogens (tertiary/aromatic N) is 1. The Morgan fingerprint density at radius 2 is 1.72 bits per heavy atom. The van der Waals surface area contributed by atoms with E-state index in [1.54, 1.807) is 24.1 Å². The van der Waals surface area contributed by atoms with E-state index in [9.17, 15) is 9.59 Å². The maximum absolute atomic E-state index is 12.2. The highest BCUT2D eigenvalue weighted by Gasteiger charge is 2.14. The van der Waals surface area contributed by atoms with Gasteiger partial charge in [0.05, 0.1) is 19.8 Å². The Bertz CT molecular complexity index is 730. The van der Waals surface area contributed by atoms with Gasteiger partial charge in [-0.1, -0.05) is 30.3 Å². The Hall–Kier alpha value is -3.02. The van der Waals surface area contributed by atoms with Crippen molar-refractivity contribution in [3.05, 3.63) is 59.7 Å². The van der Waals surface area contributed by atoms with Crippen LogP contribution in [0.15, 0.2) is 48.5 Å². The zero-order valence-electron chi connectivity index (χ0n) is 14.5. The fraction of sp³-hybridized carbons (Fsp3) is 0.263. The third kappa shape index (κ3) is 4.97. The second kappa shape index (κ2) is 8.73. The second-order valence-electron chi connectivity index (χ2n) is 5.38. The minimum atomic E-state index is -0.469. The fourth-order valence-corrected chi connectivity index (χ4v) is 2.23. The van der Waals surface area contributed by atoms with Crippen LogP contribution in [0, 0.1) is 0 Å². The molecule has 0 aliphatic heterocycles. The van der Waals surface area contributed by atoms with E-state index in [-0.39, 0.29) is 12.5 Å². The van der Waals surface area contributed by atoms with E-state index in [1.807, 2.05) is 30.3 Å². The monoisotopic (exact) mass is 343 g/mol. The summed E-state index contributed by atoms with van der Waals surface area (Å²) in [5, 5.41) is 0. The number of methoxy groups -OCH3 is 2. The molecular formula is C19H21NO5. The topological polar surface area (TPSA) is 65.1 Å². The molecule has 0 fully saturated rings. The van der Waals surface area contributed by atoms with E-state index in [0.717, 1.165) is 5.56 Å². The van der Waals surface area contributed by atoms with Gasteiger partial charge < -0.3 is 19.1 Å². The maximum Gasteiger partial charge on any atom is 0.337 e. The van der Waals surface area contributed by atoms with Gasteiger partial charge in [-0.3, -0.25) is 4.79 Å². The fourth-order valence-electron chi connectivity index (χ4n) is 2.23. The molecule has 6 nitrogen and oxygen atoms in total. The number of rotatable bonds is 7. The van der Waals surface area contributed by atoms with Crippen molar-refractivity contribution in [2.24, 2.45) is 0 Å². The summed E-state index contributed by atoms with van der Waals surface area (Å²) >= 11 is 0. The minimum absolute atomic E-state index is 0.128.